The number of hydrogen-bond donors (Lipinski definition) is 2. The molecule has 26 heavy (non-hydrogen) atoms. The van der Waals surface area contributed by atoms with Gasteiger partial charge < -0.3 is 20.3 Å². The molecule has 0 unspecified atom stereocenters. The van der Waals surface area contributed by atoms with Crippen LogP contribution in [0.4, 0.5) is 10.6 Å². The van der Waals surface area contributed by atoms with Crippen LogP contribution in [0.1, 0.15) is 57.8 Å². The van der Waals surface area contributed by atoms with E-state index >= 15 is 0 Å². The number of carbonyl (C=O) groups is 2. The molecule has 0 saturated carbocycles. The van der Waals surface area contributed by atoms with Crippen molar-refractivity contribution in [1.29, 1.82) is 0 Å². The second-order valence-electron chi connectivity index (χ2n) is 7.59. The molecule has 0 spiro atoms. The molecule has 1 aromatic heterocycles. The third-order valence-corrected chi connectivity index (χ3v) is 4.17. The van der Waals surface area contributed by atoms with Crippen molar-refractivity contribution >= 4 is 17.8 Å². The van der Waals surface area contributed by atoms with Gasteiger partial charge in [0.1, 0.15) is 11.4 Å². The number of rotatable bonds is 7. The SMILES string of the molecule is CCC(CC)(CNC(=O)OC(C)(C)C)NC(=O)c1ccnc(N(C)C)c1. The third-order valence-electron chi connectivity index (χ3n) is 4.17. The standard InChI is InChI=1S/C19H32N4O3/c1-8-19(9-2,13-21-17(25)26-18(3,4)5)22-16(24)14-10-11-20-15(12-14)23(6)7/h10-12H,8-9,13H2,1-7H3,(H,21,25)(H,22,24). The molecule has 0 aliphatic carbocycles. The fraction of sp³-hybridized carbons (Fsp3) is 0.632. The molecule has 7 heteroatoms. The molecule has 0 saturated heterocycles. The maximum absolute atomic E-state index is 12.7. The summed E-state index contributed by atoms with van der Waals surface area (Å²) in [5.74, 6) is 0.522. The largest absolute Gasteiger partial charge is 0.444 e. The Hall–Kier alpha value is -2.31. The number of amides is 2. The molecule has 1 heterocycles. The van der Waals surface area contributed by atoms with E-state index in [0.717, 1.165) is 0 Å². The Labute approximate surface area is 156 Å². The minimum absolute atomic E-state index is 0.190. The lowest BCUT2D eigenvalue weighted by molar-refractivity contribution is 0.0502. The fourth-order valence-electron chi connectivity index (χ4n) is 2.39. The Kier molecular flexibility index (Phi) is 7.41. The summed E-state index contributed by atoms with van der Waals surface area (Å²) in [5.41, 5.74) is -0.573. The van der Waals surface area contributed by atoms with Crippen molar-refractivity contribution in [3.8, 4) is 0 Å². The van der Waals surface area contributed by atoms with E-state index in [2.05, 4.69) is 15.6 Å². The zero-order valence-electron chi connectivity index (χ0n) is 17.0. The predicted molar refractivity (Wildman–Crippen MR) is 104 cm³/mol. The summed E-state index contributed by atoms with van der Waals surface area (Å²) in [4.78, 5) is 30.7. The first kappa shape index (κ1) is 21.7. The van der Waals surface area contributed by atoms with Crippen molar-refractivity contribution in [1.82, 2.24) is 15.6 Å². The number of pyridine rings is 1. The van der Waals surface area contributed by atoms with Crippen LogP contribution in [0.2, 0.25) is 0 Å². The lowest BCUT2D eigenvalue weighted by atomic mass is 9.92. The number of nitrogens with one attached hydrogen (secondary N) is 2. The maximum atomic E-state index is 12.7. The van der Waals surface area contributed by atoms with Crippen LogP contribution in [0.3, 0.4) is 0 Å². The van der Waals surface area contributed by atoms with Crippen LogP contribution in [-0.4, -0.2) is 48.8 Å². The number of aromatic nitrogens is 1. The van der Waals surface area contributed by atoms with E-state index in [4.69, 9.17) is 4.74 Å². The summed E-state index contributed by atoms with van der Waals surface area (Å²) >= 11 is 0. The van der Waals surface area contributed by atoms with Crippen LogP contribution in [0.25, 0.3) is 0 Å². The molecule has 2 amide bonds. The molecular formula is C19H32N4O3. The second kappa shape index (κ2) is 8.87. The summed E-state index contributed by atoms with van der Waals surface area (Å²) in [6.45, 7) is 9.70. The van der Waals surface area contributed by atoms with Crippen LogP contribution in [0.15, 0.2) is 18.3 Å². The molecule has 0 bridgehead atoms. The minimum atomic E-state index is -0.561. The summed E-state index contributed by atoms with van der Waals surface area (Å²) in [6.07, 6.45) is 2.48. The van der Waals surface area contributed by atoms with Gasteiger partial charge in [-0.15, -0.1) is 0 Å². The van der Waals surface area contributed by atoms with E-state index in [1.165, 1.54) is 0 Å². The molecule has 0 radical (unpaired) electrons. The molecule has 0 fully saturated rings. The monoisotopic (exact) mass is 364 g/mol. The van der Waals surface area contributed by atoms with Gasteiger partial charge in [-0.25, -0.2) is 9.78 Å². The normalized spacial score (nSPS) is 11.7. The molecule has 146 valence electrons. The first-order valence-corrected chi connectivity index (χ1v) is 8.94. The van der Waals surface area contributed by atoms with E-state index in [0.29, 0.717) is 30.8 Å². The number of alkyl carbamates (subject to hydrolysis) is 1. The Balaban J connectivity index is 2.84. The van der Waals surface area contributed by atoms with Gasteiger partial charge >= 0.3 is 6.09 Å². The number of nitrogens with zero attached hydrogens (tertiary/aromatic N) is 2. The second-order valence-corrected chi connectivity index (χ2v) is 7.59. The molecule has 1 aromatic rings. The summed E-state index contributed by atoms with van der Waals surface area (Å²) in [5, 5.41) is 5.85. The van der Waals surface area contributed by atoms with Crippen LogP contribution < -0.4 is 15.5 Å². The van der Waals surface area contributed by atoms with Gasteiger partial charge in [0, 0.05) is 32.4 Å². The van der Waals surface area contributed by atoms with Crippen molar-refractivity contribution in [3.63, 3.8) is 0 Å². The van der Waals surface area contributed by atoms with Crippen molar-refractivity contribution in [2.24, 2.45) is 0 Å². The minimum Gasteiger partial charge on any atom is -0.444 e. The van der Waals surface area contributed by atoms with Gasteiger partial charge in [-0.05, 0) is 45.7 Å². The lowest BCUT2D eigenvalue weighted by Gasteiger charge is -2.33. The molecule has 0 aliphatic heterocycles. The smallest absolute Gasteiger partial charge is 0.407 e. The molecule has 2 N–H and O–H groups in total. The molecular weight excluding hydrogens is 332 g/mol. The van der Waals surface area contributed by atoms with Crippen LogP contribution in [0.5, 0.6) is 0 Å². The summed E-state index contributed by atoms with van der Waals surface area (Å²) in [6, 6.07) is 3.42. The number of carbonyl (C=O) groups excluding carboxylic acids is 2. The van der Waals surface area contributed by atoms with Crippen molar-refractivity contribution in [3.05, 3.63) is 23.9 Å². The highest BCUT2D eigenvalue weighted by atomic mass is 16.6. The molecule has 1 rings (SSSR count). The zero-order valence-corrected chi connectivity index (χ0v) is 17.0. The quantitative estimate of drug-likeness (QED) is 0.777. The first-order valence-electron chi connectivity index (χ1n) is 8.94. The van der Waals surface area contributed by atoms with E-state index in [1.54, 1.807) is 18.3 Å². The van der Waals surface area contributed by atoms with Crippen molar-refractivity contribution in [2.75, 3.05) is 25.5 Å². The van der Waals surface area contributed by atoms with Gasteiger partial charge in [0.2, 0.25) is 0 Å². The highest BCUT2D eigenvalue weighted by Gasteiger charge is 2.30. The Morgan fingerprint density at radius 1 is 1.19 bits per heavy atom. The molecule has 7 nitrogen and oxygen atoms in total. The van der Waals surface area contributed by atoms with Gasteiger partial charge in [-0.2, -0.15) is 0 Å². The van der Waals surface area contributed by atoms with Gasteiger partial charge in [-0.1, -0.05) is 13.8 Å². The van der Waals surface area contributed by atoms with Gasteiger partial charge in [0.15, 0.2) is 0 Å². The van der Waals surface area contributed by atoms with Gasteiger partial charge in [-0.3, -0.25) is 4.79 Å². The Morgan fingerprint density at radius 2 is 1.81 bits per heavy atom. The number of ether oxygens (including phenoxy) is 1. The molecule has 0 aromatic carbocycles. The van der Waals surface area contributed by atoms with Gasteiger partial charge in [0.05, 0.1) is 5.54 Å². The zero-order chi connectivity index (χ0) is 20.0. The highest BCUT2D eigenvalue weighted by molar-refractivity contribution is 5.95. The van der Waals surface area contributed by atoms with Crippen LogP contribution >= 0.6 is 0 Å². The van der Waals surface area contributed by atoms with Gasteiger partial charge in [0.25, 0.3) is 5.91 Å². The van der Waals surface area contributed by atoms with E-state index in [9.17, 15) is 9.59 Å². The predicted octanol–water partition coefficient (Wildman–Crippen LogP) is 2.96. The lowest BCUT2D eigenvalue weighted by Crippen LogP contribution is -2.55. The van der Waals surface area contributed by atoms with E-state index in [-0.39, 0.29) is 5.91 Å². The van der Waals surface area contributed by atoms with Crippen LogP contribution in [0, 0.1) is 0 Å². The third kappa shape index (κ3) is 6.54. The summed E-state index contributed by atoms with van der Waals surface area (Å²) in [7, 11) is 3.74. The molecule has 0 atom stereocenters. The average molecular weight is 364 g/mol. The van der Waals surface area contributed by atoms with Crippen molar-refractivity contribution < 1.29 is 14.3 Å². The maximum Gasteiger partial charge on any atom is 0.407 e. The fourth-order valence-corrected chi connectivity index (χ4v) is 2.39. The topological polar surface area (TPSA) is 83.6 Å². The Bertz CT molecular complexity index is 619. The number of anilines is 1. The molecule has 0 aliphatic rings. The van der Waals surface area contributed by atoms with Crippen molar-refractivity contribution in [2.45, 2.75) is 58.6 Å². The van der Waals surface area contributed by atoms with E-state index < -0.39 is 17.2 Å². The number of hydrogen-bond acceptors (Lipinski definition) is 5. The highest BCUT2D eigenvalue weighted by Crippen LogP contribution is 2.17. The van der Waals surface area contributed by atoms with E-state index in [1.807, 2.05) is 53.6 Å². The first-order chi connectivity index (χ1) is 12.0. The summed E-state index contributed by atoms with van der Waals surface area (Å²) < 4.78 is 5.28. The van der Waals surface area contributed by atoms with Crippen LogP contribution in [-0.2, 0) is 4.74 Å². The average Bonchev–Trinajstić information content (AvgIpc) is 2.57. The Morgan fingerprint density at radius 3 is 2.31 bits per heavy atom.